The van der Waals surface area contributed by atoms with Crippen LogP contribution >= 0.6 is 0 Å². The van der Waals surface area contributed by atoms with Gasteiger partial charge in [0.25, 0.3) is 0 Å². The van der Waals surface area contributed by atoms with Gasteiger partial charge in [-0.2, -0.15) is 0 Å². The van der Waals surface area contributed by atoms with Gasteiger partial charge in [0, 0.05) is 12.6 Å². The summed E-state index contributed by atoms with van der Waals surface area (Å²) in [6.45, 7) is 0.207. The van der Waals surface area contributed by atoms with E-state index >= 15 is 0 Å². The normalized spacial score (nSPS) is 20.8. The van der Waals surface area contributed by atoms with Crippen LogP contribution in [0.5, 0.6) is 0 Å². The van der Waals surface area contributed by atoms with E-state index in [9.17, 15) is 0 Å². The molecule has 0 heterocycles. The molecule has 3 N–H and O–H groups in total. The summed E-state index contributed by atoms with van der Waals surface area (Å²) in [5.41, 5.74) is 7.10. The quantitative estimate of drug-likeness (QED) is 0.571. The van der Waals surface area contributed by atoms with Gasteiger partial charge in [-0.15, -0.1) is 0 Å². The van der Waals surface area contributed by atoms with Crippen molar-refractivity contribution < 1.29 is 5.11 Å². The number of aliphatic hydroxyl groups is 1. The molecule has 0 amide bonds. The van der Waals surface area contributed by atoms with E-state index in [0.29, 0.717) is 6.42 Å². The van der Waals surface area contributed by atoms with E-state index in [1.807, 2.05) is 0 Å². The molecule has 2 nitrogen and oxygen atoms in total. The van der Waals surface area contributed by atoms with Gasteiger partial charge in [0.1, 0.15) is 0 Å². The molecule has 1 rings (SSSR count). The van der Waals surface area contributed by atoms with Gasteiger partial charge in [-0.1, -0.05) is 11.6 Å². The summed E-state index contributed by atoms with van der Waals surface area (Å²) < 4.78 is 0. The van der Waals surface area contributed by atoms with E-state index < -0.39 is 0 Å². The minimum absolute atomic E-state index is 0.118. The second-order valence-electron chi connectivity index (χ2n) is 2.79. The zero-order valence-corrected chi connectivity index (χ0v) is 6.21. The zero-order chi connectivity index (χ0) is 7.40. The Morgan fingerprint density at radius 2 is 2.50 bits per heavy atom. The van der Waals surface area contributed by atoms with Crippen molar-refractivity contribution in [2.75, 3.05) is 6.61 Å². The number of allylic oxidation sites excluding steroid dienone is 1. The van der Waals surface area contributed by atoms with Gasteiger partial charge in [0.15, 0.2) is 0 Å². The van der Waals surface area contributed by atoms with Gasteiger partial charge >= 0.3 is 0 Å². The molecule has 1 aliphatic rings. The Kier molecular flexibility index (Phi) is 2.90. The lowest BCUT2D eigenvalue weighted by Gasteiger charge is -2.10. The summed E-state index contributed by atoms with van der Waals surface area (Å²) in [4.78, 5) is 0. The lowest BCUT2D eigenvalue weighted by molar-refractivity contribution is 0.281. The van der Waals surface area contributed by atoms with Crippen molar-refractivity contribution in [2.24, 2.45) is 5.73 Å². The monoisotopic (exact) mass is 141 g/mol. The van der Waals surface area contributed by atoms with Crippen molar-refractivity contribution in [1.82, 2.24) is 0 Å². The molecule has 0 radical (unpaired) electrons. The Balaban J connectivity index is 2.32. The maximum Gasteiger partial charge on any atom is 0.0448 e. The molecule has 0 fully saturated rings. The van der Waals surface area contributed by atoms with Crippen LogP contribution in [0.4, 0.5) is 0 Å². The lowest BCUT2D eigenvalue weighted by Crippen LogP contribution is -2.22. The molecular formula is C8H15NO. The van der Waals surface area contributed by atoms with E-state index in [-0.39, 0.29) is 12.6 Å². The first kappa shape index (κ1) is 7.76. The van der Waals surface area contributed by atoms with Crippen LogP contribution in [0.25, 0.3) is 0 Å². The molecule has 10 heavy (non-hydrogen) atoms. The highest BCUT2D eigenvalue weighted by Gasteiger charge is 2.11. The summed E-state index contributed by atoms with van der Waals surface area (Å²) in [5.74, 6) is 0. The molecule has 0 aromatic carbocycles. The van der Waals surface area contributed by atoms with Gasteiger partial charge in [-0.05, 0) is 25.7 Å². The van der Waals surface area contributed by atoms with Crippen molar-refractivity contribution >= 4 is 0 Å². The number of aliphatic hydroxyl groups excluding tert-OH is 1. The smallest absolute Gasteiger partial charge is 0.0448 e. The van der Waals surface area contributed by atoms with Crippen molar-refractivity contribution in [3.05, 3.63) is 11.6 Å². The zero-order valence-electron chi connectivity index (χ0n) is 6.21. The largest absolute Gasteiger partial charge is 0.396 e. The Morgan fingerprint density at radius 3 is 3.00 bits per heavy atom. The van der Waals surface area contributed by atoms with E-state index in [1.165, 1.54) is 18.4 Å². The third-order valence-electron chi connectivity index (χ3n) is 1.99. The predicted molar refractivity (Wildman–Crippen MR) is 41.6 cm³/mol. The van der Waals surface area contributed by atoms with Crippen LogP contribution in [0, 0.1) is 0 Å². The Bertz CT molecular complexity index is 131. The molecule has 0 bridgehead atoms. The van der Waals surface area contributed by atoms with Gasteiger partial charge < -0.3 is 10.8 Å². The van der Waals surface area contributed by atoms with E-state index in [4.69, 9.17) is 10.8 Å². The molecule has 0 aromatic heterocycles. The maximum absolute atomic E-state index is 8.59. The summed E-state index contributed by atoms with van der Waals surface area (Å²) in [5, 5.41) is 8.59. The highest BCUT2D eigenvalue weighted by atomic mass is 16.3. The molecule has 0 aliphatic heterocycles. The summed E-state index contributed by atoms with van der Waals surface area (Å²) in [7, 11) is 0. The van der Waals surface area contributed by atoms with Gasteiger partial charge in [-0.25, -0.2) is 0 Å². The second-order valence-corrected chi connectivity index (χ2v) is 2.79. The minimum atomic E-state index is 0.118. The third-order valence-corrected chi connectivity index (χ3v) is 1.99. The molecule has 58 valence electrons. The molecule has 0 aromatic rings. The standard InChI is InChI=1S/C8H15NO/c9-8(5-6-10)7-3-1-2-4-7/h3,8,10H,1-2,4-6,9H2. The molecule has 1 atom stereocenters. The van der Waals surface area contributed by atoms with Crippen molar-refractivity contribution in [3.8, 4) is 0 Å². The Morgan fingerprint density at radius 1 is 1.70 bits per heavy atom. The Labute approximate surface area is 61.7 Å². The highest BCUT2D eigenvalue weighted by molar-refractivity contribution is 5.13. The average Bonchev–Trinajstić information content (AvgIpc) is 2.38. The maximum atomic E-state index is 8.59. The van der Waals surface area contributed by atoms with E-state index in [0.717, 1.165) is 6.42 Å². The fourth-order valence-electron chi connectivity index (χ4n) is 1.36. The molecule has 0 saturated heterocycles. The minimum Gasteiger partial charge on any atom is -0.396 e. The van der Waals surface area contributed by atoms with Gasteiger partial charge in [-0.3, -0.25) is 0 Å². The van der Waals surface area contributed by atoms with E-state index in [1.54, 1.807) is 0 Å². The highest BCUT2D eigenvalue weighted by Crippen LogP contribution is 2.20. The first-order chi connectivity index (χ1) is 4.84. The SMILES string of the molecule is NC(CCO)C1=CCCC1. The molecule has 1 unspecified atom stereocenters. The van der Waals surface area contributed by atoms with Crippen molar-refractivity contribution in [3.63, 3.8) is 0 Å². The summed E-state index contributed by atoms with van der Waals surface area (Å²) in [6, 6.07) is 0.118. The first-order valence-electron chi connectivity index (χ1n) is 3.90. The van der Waals surface area contributed by atoms with Gasteiger partial charge in [0.2, 0.25) is 0 Å². The number of rotatable bonds is 3. The van der Waals surface area contributed by atoms with Crippen LogP contribution in [-0.2, 0) is 0 Å². The van der Waals surface area contributed by atoms with Crippen LogP contribution in [0.3, 0.4) is 0 Å². The van der Waals surface area contributed by atoms with Crippen LogP contribution in [0.15, 0.2) is 11.6 Å². The summed E-state index contributed by atoms with van der Waals surface area (Å²) >= 11 is 0. The Hall–Kier alpha value is -0.340. The topological polar surface area (TPSA) is 46.2 Å². The van der Waals surface area contributed by atoms with Crippen LogP contribution in [0.2, 0.25) is 0 Å². The number of hydrogen-bond donors (Lipinski definition) is 2. The molecule has 0 saturated carbocycles. The average molecular weight is 141 g/mol. The predicted octanol–water partition coefficient (Wildman–Crippen LogP) is 0.806. The van der Waals surface area contributed by atoms with Crippen LogP contribution in [0.1, 0.15) is 25.7 Å². The van der Waals surface area contributed by atoms with E-state index in [2.05, 4.69) is 6.08 Å². The van der Waals surface area contributed by atoms with Crippen LogP contribution < -0.4 is 5.73 Å². The molecule has 0 spiro atoms. The molecule has 1 aliphatic carbocycles. The fraction of sp³-hybridized carbons (Fsp3) is 0.750. The van der Waals surface area contributed by atoms with Crippen LogP contribution in [-0.4, -0.2) is 17.8 Å². The fourth-order valence-corrected chi connectivity index (χ4v) is 1.36. The first-order valence-corrected chi connectivity index (χ1v) is 3.90. The van der Waals surface area contributed by atoms with Crippen molar-refractivity contribution in [2.45, 2.75) is 31.7 Å². The molecule has 2 heteroatoms. The van der Waals surface area contributed by atoms with Crippen molar-refractivity contribution in [1.29, 1.82) is 0 Å². The van der Waals surface area contributed by atoms with Gasteiger partial charge in [0.05, 0.1) is 0 Å². The lowest BCUT2D eigenvalue weighted by atomic mass is 10.1. The number of nitrogens with two attached hydrogens (primary N) is 1. The molecular weight excluding hydrogens is 126 g/mol. The second kappa shape index (κ2) is 3.74. The number of hydrogen-bond acceptors (Lipinski definition) is 2. The third kappa shape index (κ3) is 1.82. The summed E-state index contributed by atoms with van der Waals surface area (Å²) in [6.07, 6.45) is 6.48.